The number of benzene rings is 2. The number of halogens is 2. The Morgan fingerprint density at radius 3 is 1.88 bits per heavy atom. The minimum atomic E-state index is -1.10. The number of hydrogen-bond acceptors (Lipinski definition) is 7. The van der Waals surface area contributed by atoms with Gasteiger partial charge in [-0.3, -0.25) is 0 Å². The van der Waals surface area contributed by atoms with Crippen molar-refractivity contribution >= 4 is 85.5 Å². The molecule has 0 amide bonds. The second kappa shape index (κ2) is 15.6. The summed E-state index contributed by atoms with van der Waals surface area (Å²) in [5, 5.41) is 3.63. The van der Waals surface area contributed by atoms with Gasteiger partial charge in [-0.2, -0.15) is 0 Å². The molecule has 0 aliphatic carbocycles. The van der Waals surface area contributed by atoms with E-state index in [0.29, 0.717) is 6.73 Å². The van der Waals surface area contributed by atoms with Crippen molar-refractivity contribution in [1.82, 2.24) is 29.5 Å². The third kappa shape index (κ3) is 8.44. The van der Waals surface area contributed by atoms with Crippen molar-refractivity contribution in [3.05, 3.63) is 80.0 Å². The molecule has 0 fully saturated rings. The fourth-order valence-electron chi connectivity index (χ4n) is 5.46. The third-order valence-electron chi connectivity index (χ3n) is 7.98. The fourth-order valence-corrected chi connectivity index (χ4v) is 8.05. The molecule has 0 saturated carbocycles. The van der Waals surface area contributed by atoms with Gasteiger partial charge in [0.1, 0.15) is 18.0 Å². The summed E-state index contributed by atoms with van der Waals surface area (Å²) in [7, 11) is -1.10. The van der Waals surface area contributed by atoms with Gasteiger partial charge in [0.2, 0.25) is 0 Å². The predicted octanol–water partition coefficient (Wildman–Crippen LogP) is 11.2. The summed E-state index contributed by atoms with van der Waals surface area (Å²) < 4.78 is 10.1. The van der Waals surface area contributed by atoms with E-state index in [1.807, 2.05) is 18.7 Å². The number of nitrogens with one attached hydrogen (secondary N) is 1. The molecule has 4 heterocycles. The molecule has 6 aromatic rings. The monoisotopic (exact) mass is 824 g/mol. The highest BCUT2D eigenvalue weighted by Gasteiger charge is 2.19. The minimum absolute atomic E-state index is 0.504. The van der Waals surface area contributed by atoms with Crippen LogP contribution < -0.4 is 0 Å². The van der Waals surface area contributed by atoms with E-state index < -0.39 is 8.07 Å². The number of hydrogen-bond donors (Lipinski definition) is 1. The number of fused-ring (bicyclic) bond motifs is 2. The molecule has 6 rings (SSSR count). The Morgan fingerprint density at radius 2 is 1.33 bits per heavy atom. The molecule has 0 atom stereocenters. The molecule has 1 N–H and O–H groups in total. The average molecular weight is 827 g/mol. The van der Waals surface area contributed by atoms with Crippen LogP contribution in [-0.4, -0.2) is 56.7 Å². The highest BCUT2D eigenvalue weighted by molar-refractivity contribution is 9.11. The Kier molecular flexibility index (Phi) is 12.0. The Labute approximate surface area is 309 Å². The van der Waals surface area contributed by atoms with Gasteiger partial charge < -0.3 is 14.3 Å². The molecule has 48 heavy (non-hydrogen) atoms. The number of aromatic amines is 1. The molecule has 0 unspecified atom stereocenters. The first kappa shape index (κ1) is 36.8. The van der Waals surface area contributed by atoms with Crippen LogP contribution in [0, 0.1) is 27.7 Å². The van der Waals surface area contributed by atoms with Crippen molar-refractivity contribution in [1.29, 1.82) is 0 Å². The average Bonchev–Trinajstić information content (AvgIpc) is 3.57. The first-order valence-corrected chi connectivity index (χ1v) is 23.5. The van der Waals surface area contributed by atoms with Gasteiger partial charge >= 0.3 is 0 Å². The maximum Gasteiger partial charge on any atom is 0.189 e. The van der Waals surface area contributed by atoms with Gasteiger partial charge in [-0.15, -0.1) is 0 Å². The van der Waals surface area contributed by atoms with Crippen molar-refractivity contribution in [3.8, 4) is 22.5 Å². The standard InChI is InChI=1S/C21H28BrN3OSSi.C15H14BrN3S/c1-14-7-8-16(15(2)11-14)19-18-17(22)12-25(13-26-9-10-28(4,5)6)20(18)24-21(23-19)27-3;1-8-4-5-10(9(2)6-8)13-12-11(16)7-17-14(12)19-15(18-13)20-3/h7-8,11-12H,9-10,13H2,1-6H3;4-7H,1-3H3,(H,17,18,19). The molecule has 4 aromatic heterocycles. The topological polar surface area (TPSA) is 81.5 Å². The normalized spacial score (nSPS) is 11.7. The van der Waals surface area contributed by atoms with E-state index in [2.05, 4.69) is 136 Å². The third-order valence-corrected chi connectivity index (χ3v) is 12.0. The van der Waals surface area contributed by atoms with E-state index in [1.165, 1.54) is 22.3 Å². The summed E-state index contributed by atoms with van der Waals surface area (Å²) in [5.74, 6) is 0. The number of nitrogens with zero attached hydrogens (tertiary/aromatic N) is 5. The first-order chi connectivity index (χ1) is 22.8. The van der Waals surface area contributed by atoms with Gasteiger partial charge in [0.05, 0.1) is 22.2 Å². The van der Waals surface area contributed by atoms with Crippen LogP contribution in [0.5, 0.6) is 0 Å². The lowest BCUT2D eigenvalue weighted by Gasteiger charge is -2.15. The van der Waals surface area contributed by atoms with E-state index in [4.69, 9.17) is 19.7 Å². The van der Waals surface area contributed by atoms with Crippen LogP contribution in [0.4, 0.5) is 0 Å². The number of thioether (sulfide) groups is 2. The number of aryl methyl sites for hydroxylation is 4. The Hall–Kier alpha value is -2.48. The SMILES string of the molecule is CSc1nc(-c2ccc(C)cc2C)c2c(Br)c[nH]c2n1.CSc1nc(-c2ccc(C)cc2C)c2c(Br)cn(COCC[Si](C)(C)C)c2n1. The van der Waals surface area contributed by atoms with Gasteiger partial charge in [0.15, 0.2) is 10.3 Å². The van der Waals surface area contributed by atoms with Crippen molar-refractivity contribution in [2.24, 2.45) is 0 Å². The predicted molar refractivity (Wildman–Crippen MR) is 214 cm³/mol. The quantitative estimate of drug-likeness (QED) is 0.0673. The van der Waals surface area contributed by atoms with Crippen molar-refractivity contribution in [3.63, 3.8) is 0 Å². The molecular weight excluding hydrogens is 784 g/mol. The maximum absolute atomic E-state index is 5.99. The highest BCUT2D eigenvalue weighted by atomic mass is 79.9. The molecule has 252 valence electrons. The largest absolute Gasteiger partial charge is 0.361 e. The van der Waals surface area contributed by atoms with Gasteiger partial charge in [0.25, 0.3) is 0 Å². The van der Waals surface area contributed by atoms with Crippen LogP contribution in [0.25, 0.3) is 44.6 Å². The molecule has 0 bridgehead atoms. The molecular formula is C36H42Br2N6OS2Si. The van der Waals surface area contributed by atoms with E-state index in [0.717, 1.165) is 76.5 Å². The van der Waals surface area contributed by atoms with Crippen molar-refractivity contribution < 1.29 is 4.74 Å². The zero-order valence-corrected chi connectivity index (χ0v) is 34.8. The number of H-pyrrole nitrogens is 1. The number of ether oxygens (including phenoxy) is 1. The van der Waals surface area contributed by atoms with Gasteiger partial charge in [-0.05, 0) is 89.2 Å². The zero-order valence-electron chi connectivity index (χ0n) is 29.0. The van der Waals surface area contributed by atoms with Crippen LogP contribution in [0.15, 0.2) is 68.1 Å². The smallest absolute Gasteiger partial charge is 0.189 e. The van der Waals surface area contributed by atoms with Crippen molar-refractivity contribution in [2.75, 3.05) is 19.1 Å². The zero-order chi connectivity index (χ0) is 34.7. The summed E-state index contributed by atoms with van der Waals surface area (Å²) in [6.07, 6.45) is 7.98. The van der Waals surface area contributed by atoms with E-state index in [9.17, 15) is 0 Å². The molecule has 0 saturated heterocycles. The van der Waals surface area contributed by atoms with Gasteiger partial charge in [-0.25, -0.2) is 19.9 Å². The summed E-state index contributed by atoms with van der Waals surface area (Å²) >= 11 is 10.4. The number of rotatable bonds is 9. The summed E-state index contributed by atoms with van der Waals surface area (Å²) in [4.78, 5) is 22.1. The highest BCUT2D eigenvalue weighted by Crippen LogP contribution is 2.37. The van der Waals surface area contributed by atoms with Gasteiger partial charge in [0, 0.05) is 47.1 Å². The van der Waals surface area contributed by atoms with Gasteiger partial charge in [-0.1, -0.05) is 90.7 Å². The lowest BCUT2D eigenvalue weighted by atomic mass is 10.0. The lowest BCUT2D eigenvalue weighted by Crippen LogP contribution is -2.22. The molecule has 0 spiro atoms. The molecule has 7 nitrogen and oxygen atoms in total. The van der Waals surface area contributed by atoms with E-state index in [1.54, 1.807) is 23.5 Å². The van der Waals surface area contributed by atoms with Crippen LogP contribution in [0.2, 0.25) is 25.7 Å². The van der Waals surface area contributed by atoms with E-state index in [-0.39, 0.29) is 0 Å². The summed E-state index contributed by atoms with van der Waals surface area (Å²) in [6, 6.07) is 14.1. The fraction of sp³-hybridized carbons (Fsp3) is 0.333. The Balaban J connectivity index is 0.000000198. The maximum atomic E-state index is 5.99. The molecule has 0 aliphatic rings. The summed E-state index contributed by atoms with van der Waals surface area (Å²) in [5.41, 5.74) is 11.0. The lowest BCUT2D eigenvalue weighted by molar-refractivity contribution is 0.0897. The molecule has 0 aliphatic heterocycles. The van der Waals surface area contributed by atoms with Crippen LogP contribution in [0.3, 0.4) is 0 Å². The van der Waals surface area contributed by atoms with Crippen LogP contribution in [0.1, 0.15) is 22.3 Å². The summed E-state index contributed by atoms with van der Waals surface area (Å²) in [6.45, 7) is 16.9. The molecule has 12 heteroatoms. The Bertz CT molecular complexity index is 2090. The molecule has 0 radical (unpaired) electrons. The van der Waals surface area contributed by atoms with Crippen LogP contribution >= 0.6 is 55.4 Å². The Morgan fingerprint density at radius 1 is 0.771 bits per heavy atom. The first-order valence-electron chi connectivity index (χ1n) is 15.7. The van der Waals surface area contributed by atoms with Crippen LogP contribution in [-0.2, 0) is 11.5 Å². The second-order valence-electron chi connectivity index (χ2n) is 13.1. The second-order valence-corrected chi connectivity index (χ2v) is 22.0. The number of aromatic nitrogens is 6. The molecule has 2 aromatic carbocycles. The van der Waals surface area contributed by atoms with E-state index >= 15 is 0 Å². The van der Waals surface area contributed by atoms with Crippen molar-refractivity contribution in [2.45, 2.75) is 70.4 Å². The minimum Gasteiger partial charge on any atom is -0.361 e.